The minimum atomic E-state index is -0.906. The van der Waals surface area contributed by atoms with Crippen LogP contribution in [0, 0.1) is 11.6 Å². The van der Waals surface area contributed by atoms with Gasteiger partial charge in [-0.05, 0) is 31.2 Å². The summed E-state index contributed by atoms with van der Waals surface area (Å²) in [5.41, 5.74) is -0.604. The highest BCUT2D eigenvalue weighted by Gasteiger charge is 2.19. The lowest BCUT2D eigenvalue weighted by Crippen LogP contribution is -2.37. The molecule has 0 saturated carbocycles. The normalized spacial score (nSPS) is 13.5. The smallest absolute Gasteiger partial charge is 0.257 e. The Morgan fingerprint density at radius 2 is 1.92 bits per heavy atom. The lowest BCUT2D eigenvalue weighted by atomic mass is 10.1. The summed E-state index contributed by atoms with van der Waals surface area (Å²) in [4.78, 5) is 12.0. The van der Waals surface area contributed by atoms with Gasteiger partial charge in [0.2, 0.25) is 6.79 Å². The molecular formula is C17H15F2NO4. The molecule has 3 rings (SSSR count). The van der Waals surface area contributed by atoms with E-state index in [9.17, 15) is 13.6 Å². The first-order valence-corrected chi connectivity index (χ1v) is 7.32. The molecule has 5 nitrogen and oxygen atoms in total. The first kappa shape index (κ1) is 16.0. The van der Waals surface area contributed by atoms with Gasteiger partial charge >= 0.3 is 0 Å². The van der Waals surface area contributed by atoms with Crippen molar-refractivity contribution in [1.82, 2.24) is 5.32 Å². The highest BCUT2D eigenvalue weighted by Crippen LogP contribution is 2.35. The van der Waals surface area contributed by atoms with Crippen molar-refractivity contribution in [3.05, 3.63) is 53.6 Å². The fourth-order valence-electron chi connectivity index (χ4n) is 2.24. The fourth-order valence-corrected chi connectivity index (χ4v) is 2.24. The van der Waals surface area contributed by atoms with E-state index in [1.165, 1.54) is 6.07 Å². The molecule has 0 aliphatic carbocycles. The molecule has 2 aromatic carbocycles. The molecule has 1 atom stereocenters. The van der Waals surface area contributed by atoms with Crippen molar-refractivity contribution in [3.8, 4) is 17.2 Å². The molecule has 0 saturated heterocycles. The average molecular weight is 335 g/mol. The highest BCUT2D eigenvalue weighted by atomic mass is 19.1. The Morgan fingerprint density at radius 1 is 1.21 bits per heavy atom. The molecule has 1 aliphatic rings. The van der Waals surface area contributed by atoms with Crippen molar-refractivity contribution in [2.45, 2.75) is 13.0 Å². The van der Waals surface area contributed by atoms with Gasteiger partial charge in [-0.2, -0.15) is 0 Å². The summed E-state index contributed by atoms with van der Waals surface area (Å²) >= 11 is 0. The zero-order chi connectivity index (χ0) is 17.1. The number of amides is 1. The monoisotopic (exact) mass is 335 g/mol. The van der Waals surface area contributed by atoms with Crippen LogP contribution in [0.4, 0.5) is 8.78 Å². The van der Waals surface area contributed by atoms with Crippen molar-refractivity contribution in [3.63, 3.8) is 0 Å². The Kier molecular flexibility index (Phi) is 4.50. The standard InChI is InChI=1S/C17H15F2NO4/c1-10(20-17(21)16-12(18)3-2-4-13(16)19)8-22-11-5-6-14-15(7-11)24-9-23-14/h2-7,10H,8-9H2,1H3,(H,20,21). The third kappa shape index (κ3) is 3.40. The van der Waals surface area contributed by atoms with E-state index < -0.39 is 29.1 Å². The Balaban J connectivity index is 1.58. The SMILES string of the molecule is CC(COc1ccc2c(c1)OCO2)NC(=O)c1c(F)cccc1F. The molecule has 1 N–H and O–H groups in total. The predicted molar refractivity (Wildman–Crippen MR) is 81.3 cm³/mol. The zero-order valence-electron chi connectivity index (χ0n) is 12.8. The van der Waals surface area contributed by atoms with Gasteiger partial charge in [-0.25, -0.2) is 8.78 Å². The Hall–Kier alpha value is -2.83. The molecule has 0 fully saturated rings. The molecule has 0 radical (unpaired) electrons. The second kappa shape index (κ2) is 6.74. The van der Waals surface area contributed by atoms with Gasteiger partial charge in [-0.1, -0.05) is 6.07 Å². The predicted octanol–water partition coefficient (Wildman–Crippen LogP) is 2.89. The van der Waals surface area contributed by atoms with Gasteiger partial charge in [0.15, 0.2) is 11.5 Å². The van der Waals surface area contributed by atoms with E-state index in [0.29, 0.717) is 17.2 Å². The molecule has 2 aromatic rings. The quantitative estimate of drug-likeness (QED) is 0.913. The summed E-state index contributed by atoms with van der Waals surface area (Å²) in [6.45, 7) is 1.96. The van der Waals surface area contributed by atoms with Gasteiger partial charge in [-0.15, -0.1) is 0 Å². The van der Waals surface area contributed by atoms with Crippen LogP contribution < -0.4 is 19.5 Å². The van der Waals surface area contributed by atoms with Crippen LogP contribution in [0.2, 0.25) is 0 Å². The van der Waals surface area contributed by atoms with E-state index in [1.54, 1.807) is 25.1 Å². The van der Waals surface area contributed by atoms with Gasteiger partial charge in [0.25, 0.3) is 5.91 Å². The van der Waals surface area contributed by atoms with Crippen molar-refractivity contribution in [2.75, 3.05) is 13.4 Å². The molecule has 1 heterocycles. The van der Waals surface area contributed by atoms with Crippen LogP contribution in [-0.2, 0) is 0 Å². The second-order valence-electron chi connectivity index (χ2n) is 5.30. The molecule has 1 unspecified atom stereocenters. The molecule has 1 aliphatic heterocycles. The lowest BCUT2D eigenvalue weighted by molar-refractivity contribution is 0.0918. The summed E-state index contributed by atoms with van der Waals surface area (Å²) < 4.78 is 43.1. The van der Waals surface area contributed by atoms with E-state index in [1.807, 2.05) is 0 Å². The fraction of sp³-hybridized carbons (Fsp3) is 0.235. The van der Waals surface area contributed by atoms with Crippen LogP contribution in [0.25, 0.3) is 0 Å². The topological polar surface area (TPSA) is 56.8 Å². The van der Waals surface area contributed by atoms with E-state index in [4.69, 9.17) is 14.2 Å². The maximum Gasteiger partial charge on any atom is 0.257 e. The number of benzene rings is 2. The van der Waals surface area contributed by atoms with E-state index in [2.05, 4.69) is 5.32 Å². The molecule has 7 heteroatoms. The Bertz CT molecular complexity index is 746. The maximum absolute atomic E-state index is 13.6. The number of carbonyl (C=O) groups is 1. The summed E-state index contributed by atoms with van der Waals surface area (Å²) in [6, 6.07) is 7.91. The van der Waals surface area contributed by atoms with Crippen LogP contribution in [0.1, 0.15) is 17.3 Å². The van der Waals surface area contributed by atoms with Crippen LogP contribution in [0.5, 0.6) is 17.2 Å². The van der Waals surface area contributed by atoms with Gasteiger partial charge in [-0.3, -0.25) is 4.79 Å². The minimum absolute atomic E-state index is 0.126. The number of fused-ring (bicyclic) bond motifs is 1. The molecule has 0 spiro atoms. The van der Waals surface area contributed by atoms with Gasteiger partial charge < -0.3 is 19.5 Å². The number of halogens is 2. The van der Waals surface area contributed by atoms with Crippen LogP contribution >= 0.6 is 0 Å². The number of ether oxygens (including phenoxy) is 3. The first-order valence-electron chi connectivity index (χ1n) is 7.32. The summed E-state index contributed by atoms with van der Waals surface area (Å²) in [6.07, 6.45) is 0. The van der Waals surface area contributed by atoms with Crippen molar-refractivity contribution in [2.24, 2.45) is 0 Å². The molecule has 0 bridgehead atoms. The number of hydrogen-bond donors (Lipinski definition) is 1. The summed E-state index contributed by atoms with van der Waals surface area (Å²) in [5.74, 6) is -0.881. The molecular weight excluding hydrogens is 320 g/mol. The van der Waals surface area contributed by atoms with Crippen molar-refractivity contribution < 1.29 is 27.8 Å². The summed E-state index contributed by atoms with van der Waals surface area (Å²) in [7, 11) is 0. The van der Waals surface area contributed by atoms with E-state index in [-0.39, 0.29) is 13.4 Å². The van der Waals surface area contributed by atoms with Crippen LogP contribution in [0.3, 0.4) is 0 Å². The van der Waals surface area contributed by atoms with Crippen LogP contribution in [0.15, 0.2) is 36.4 Å². The number of carbonyl (C=O) groups excluding carboxylic acids is 1. The summed E-state index contributed by atoms with van der Waals surface area (Å²) in [5, 5.41) is 2.50. The van der Waals surface area contributed by atoms with E-state index >= 15 is 0 Å². The number of rotatable bonds is 5. The van der Waals surface area contributed by atoms with Crippen LogP contribution in [-0.4, -0.2) is 25.3 Å². The Labute approximate surface area is 137 Å². The average Bonchev–Trinajstić information content (AvgIpc) is 3.00. The third-order valence-corrected chi connectivity index (χ3v) is 3.41. The van der Waals surface area contributed by atoms with Crippen molar-refractivity contribution >= 4 is 5.91 Å². The van der Waals surface area contributed by atoms with Gasteiger partial charge in [0.05, 0.1) is 6.04 Å². The number of nitrogens with one attached hydrogen (secondary N) is 1. The van der Waals surface area contributed by atoms with E-state index in [0.717, 1.165) is 12.1 Å². The minimum Gasteiger partial charge on any atom is -0.491 e. The molecule has 0 aromatic heterocycles. The Morgan fingerprint density at radius 3 is 2.67 bits per heavy atom. The lowest BCUT2D eigenvalue weighted by Gasteiger charge is -2.15. The largest absolute Gasteiger partial charge is 0.491 e. The van der Waals surface area contributed by atoms with Gasteiger partial charge in [0.1, 0.15) is 29.6 Å². The molecule has 24 heavy (non-hydrogen) atoms. The maximum atomic E-state index is 13.6. The zero-order valence-corrected chi connectivity index (χ0v) is 12.8. The highest BCUT2D eigenvalue weighted by molar-refractivity contribution is 5.94. The number of hydrogen-bond acceptors (Lipinski definition) is 4. The third-order valence-electron chi connectivity index (χ3n) is 3.41. The second-order valence-corrected chi connectivity index (χ2v) is 5.30. The van der Waals surface area contributed by atoms with Gasteiger partial charge in [0, 0.05) is 6.07 Å². The van der Waals surface area contributed by atoms with Crippen molar-refractivity contribution in [1.29, 1.82) is 0 Å². The molecule has 1 amide bonds. The first-order chi connectivity index (χ1) is 11.5. The molecule has 126 valence electrons.